The van der Waals surface area contributed by atoms with Gasteiger partial charge in [0.2, 0.25) is 0 Å². The number of anilines is 1. The smallest absolute Gasteiger partial charge is 0.322 e. The highest BCUT2D eigenvalue weighted by atomic mass is 19.1. The van der Waals surface area contributed by atoms with Gasteiger partial charge < -0.3 is 24.3 Å². The van der Waals surface area contributed by atoms with Crippen LogP contribution in [-0.4, -0.2) is 78.5 Å². The van der Waals surface area contributed by atoms with Gasteiger partial charge in [-0.05, 0) is 37.6 Å². The average Bonchev–Trinajstić information content (AvgIpc) is 3.57. The molecule has 0 spiro atoms. The lowest BCUT2D eigenvalue weighted by Gasteiger charge is -2.37. The van der Waals surface area contributed by atoms with E-state index in [9.17, 15) is 18.8 Å². The van der Waals surface area contributed by atoms with E-state index in [4.69, 9.17) is 14.1 Å². The zero-order chi connectivity index (χ0) is 27.5. The minimum atomic E-state index is -1.71. The molecule has 2 saturated heterocycles. The number of fused-ring (bicyclic) bond motifs is 2. The molecule has 0 saturated carbocycles. The maximum absolute atomic E-state index is 14.9. The van der Waals surface area contributed by atoms with E-state index < -0.39 is 29.2 Å². The summed E-state index contributed by atoms with van der Waals surface area (Å²) in [4.78, 5) is 49.4. The van der Waals surface area contributed by atoms with Crippen LogP contribution in [0.2, 0.25) is 0 Å². The number of furan rings is 1. The monoisotopic (exact) mass is 536 g/mol. The fourth-order valence-corrected chi connectivity index (χ4v) is 5.59. The van der Waals surface area contributed by atoms with E-state index >= 15 is 0 Å². The number of rotatable bonds is 6. The largest absolute Gasteiger partial charge is 0.494 e. The number of piperazine rings is 1. The number of ether oxygens (including phenoxy) is 1. The number of hydrogen-bond acceptors (Lipinski definition) is 8. The van der Waals surface area contributed by atoms with Crippen LogP contribution < -0.4 is 20.3 Å². The Morgan fingerprint density at radius 3 is 2.56 bits per heavy atom. The predicted octanol–water partition coefficient (Wildman–Crippen LogP) is 2.20. The lowest BCUT2D eigenvalue weighted by Crippen LogP contribution is -2.52. The average molecular weight is 537 g/mol. The molecule has 1 atom stereocenters. The van der Waals surface area contributed by atoms with Crippen molar-refractivity contribution in [3.05, 3.63) is 53.0 Å². The fraction of sp³-hybridized carbons (Fsp3) is 0.407. The summed E-state index contributed by atoms with van der Waals surface area (Å²) in [5.74, 6) is -1.15. The zero-order valence-corrected chi connectivity index (χ0v) is 21.9. The first kappa shape index (κ1) is 25.1. The van der Waals surface area contributed by atoms with Crippen molar-refractivity contribution in [1.82, 2.24) is 25.4 Å². The molecule has 0 radical (unpaired) electrons. The van der Waals surface area contributed by atoms with Gasteiger partial charge in [-0.1, -0.05) is 6.07 Å². The molecule has 6 rings (SSSR count). The van der Waals surface area contributed by atoms with Gasteiger partial charge in [-0.3, -0.25) is 19.8 Å². The lowest BCUT2D eigenvalue weighted by molar-refractivity contribution is -0.125. The molecule has 1 aromatic carbocycles. The van der Waals surface area contributed by atoms with Crippen LogP contribution in [0.3, 0.4) is 0 Å². The molecule has 3 aliphatic heterocycles. The predicted molar refractivity (Wildman–Crippen MR) is 139 cm³/mol. The number of nitrogens with one attached hydrogen (secondary N) is 2. The second-order valence-corrected chi connectivity index (χ2v) is 10.4. The maximum Gasteiger partial charge on any atom is 0.322 e. The third-order valence-electron chi connectivity index (χ3n) is 7.79. The SMILES string of the molecule is COc1ccc2c(c1F)C(=O)N(C[C@@]1(c3cc4nc(N5CCN(C(C)C)CC5)ccc4o3)NC(=O)NC1=O)C2. The molecule has 12 heteroatoms. The van der Waals surface area contributed by atoms with Gasteiger partial charge in [-0.2, -0.15) is 0 Å². The van der Waals surface area contributed by atoms with Crippen LogP contribution >= 0.6 is 0 Å². The van der Waals surface area contributed by atoms with Crippen LogP contribution in [0.25, 0.3) is 11.1 Å². The Kier molecular flexibility index (Phi) is 5.94. The highest BCUT2D eigenvalue weighted by Crippen LogP contribution is 2.36. The summed E-state index contributed by atoms with van der Waals surface area (Å²) in [6.45, 7) is 7.70. The molecule has 2 aromatic heterocycles. The first-order valence-electron chi connectivity index (χ1n) is 12.9. The Morgan fingerprint density at radius 1 is 1.13 bits per heavy atom. The second-order valence-electron chi connectivity index (χ2n) is 10.4. The van der Waals surface area contributed by atoms with Gasteiger partial charge in [-0.25, -0.2) is 14.2 Å². The minimum absolute atomic E-state index is 0.0460. The van der Waals surface area contributed by atoms with Crippen molar-refractivity contribution < 1.29 is 27.9 Å². The molecule has 11 nitrogen and oxygen atoms in total. The molecular formula is C27H29FN6O5. The van der Waals surface area contributed by atoms with E-state index in [2.05, 4.69) is 34.3 Å². The summed E-state index contributed by atoms with van der Waals surface area (Å²) in [6.07, 6.45) is 0. The van der Waals surface area contributed by atoms with Gasteiger partial charge in [0.25, 0.3) is 11.8 Å². The highest BCUT2D eigenvalue weighted by Gasteiger charge is 2.53. The standard InChI is InChI=1S/C27H29FN6O5/c1-15(2)32-8-10-33(11-9-32)21-7-6-18-17(29-21)12-20(39-18)27(25(36)30-26(37)31-27)14-34-13-16-4-5-19(38-3)23(28)22(16)24(34)35/h4-7,12,15H,8-11,13-14H2,1-3H3,(H2,30,31,36,37)/t27-/m0/s1. The molecule has 3 aliphatic rings. The molecule has 2 fully saturated rings. The highest BCUT2D eigenvalue weighted by molar-refractivity contribution is 6.08. The van der Waals surface area contributed by atoms with E-state index in [-0.39, 0.29) is 30.2 Å². The van der Waals surface area contributed by atoms with Crippen molar-refractivity contribution in [2.75, 3.05) is 44.7 Å². The number of methoxy groups -OCH3 is 1. The third kappa shape index (κ3) is 4.06. The van der Waals surface area contributed by atoms with E-state index in [1.165, 1.54) is 18.1 Å². The van der Waals surface area contributed by atoms with E-state index in [0.29, 0.717) is 22.7 Å². The van der Waals surface area contributed by atoms with E-state index in [1.54, 1.807) is 18.2 Å². The van der Waals surface area contributed by atoms with E-state index in [1.807, 2.05) is 6.07 Å². The number of nitrogens with zero attached hydrogens (tertiary/aromatic N) is 4. The second kappa shape index (κ2) is 9.23. The van der Waals surface area contributed by atoms with Crippen LogP contribution in [-0.2, 0) is 16.9 Å². The number of imide groups is 1. The van der Waals surface area contributed by atoms with Gasteiger partial charge in [-0.15, -0.1) is 0 Å². The Labute approximate surface area is 223 Å². The quantitative estimate of drug-likeness (QED) is 0.460. The molecular weight excluding hydrogens is 507 g/mol. The number of pyridine rings is 1. The number of halogens is 1. The van der Waals surface area contributed by atoms with Crippen LogP contribution in [0.15, 0.2) is 34.7 Å². The van der Waals surface area contributed by atoms with Crippen molar-refractivity contribution in [2.24, 2.45) is 0 Å². The van der Waals surface area contributed by atoms with Crippen LogP contribution in [0, 0.1) is 5.82 Å². The molecule has 4 amide bonds. The summed E-state index contributed by atoms with van der Waals surface area (Å²) in [5.41, 5.74) is -0.392. The summed E-state index contributed by atoms with van der Waals surface area (Å²) in [6, 6.07) is 8.12. The topological polar surface area (TPSA) is 120 Å². The van der Waals surface area contributed by atoms with Crippen LogP contribution in [0.1, 0.15) is 35.5 Å². The van der Waals surface area contributed by atoms with Gasteiger partial charge in [0, 0.05) is 44.8 Å². The number of carbonyl (C=O) groups is 3. The van der Waals surface area contributed by atoms with Gasteiger partial charge >= 0.3 is 6.03 Å². The number of hydrogen-bond donors (Lipinski definition) is 2. The fourth-order valence-electron chi connectivity index (χ4n) is 5.59. The summed E-state index contributed by atoms with van der Waals surface area (Å²) >= 11 is 0. The summed E-state index contributed by atoms with van der Waals surface area (Å²) in [7, 11) is 1.32. The Morgan fingerprint density at radius 2 is 1.90 bits per heavy atom. The number of benzene rings is 1. The zero-order valence-electron chi connectivity index (χ0n) is 21.9. The first-order chi connectivity index (χ1) is 18.7. The number of urea groups is 1. The number of carbonyl (C=O) groups excluding carboxylic acids is 3. The number of aromatic nitrogens is 1. The Bertz CT molecular complexity index is 1500. The summed E-state index contributed by atoms with van der Waals surface area (Å²) in [5, 5.41) is 4.90. The van der Waals surface area contributed by atoms with E-state index in [0.717, 1.165) is 32.0 Å². The molecule has 3 aromatic rings. The van der Waals surface area contributed by atoms with Crippen molar-refractivity contribution in [3.63, 3.8) is 0 Å². The van der Waals surface area contributed by atoms with Crippen molar-refractivity contribution in [2.45, 2.75) is 32.0 Å². The molecule has 2 N–H and O–H groups in total. The Balaban J connectivity index is 1.31. The van der Waals surface area contributed by atoms with Gasteiger partial charge in [0.15, 0.2) is 22.7 Å². The lowest BCUT2D eigenvalue weighted by atomic mass is 9.95. The minimum Gasteiger partial charge on any atom is -0.494 e. The summed E-state index contributed by atoms with van der Waals surface area (Å²) < 4.78 is 26.0. The van der Waals surface area contributed by atoms with Crippen LogP contribution in [0.5, 0.6) is 5.75 Å². The molecule has 0 unspecified atom stereocenters. The normalized spacial score (nSPS) is 21.6. The first-order valence-corrected chi connectivity index (χ1v) is 12.9. The van der Waals surface area contributed by atoms with Crippen molar-refractivity contribution >= 4 is 34.8 Å². The third-order valence-corrected chi connectivity index (χ3v) is 7.79. The number of amides is 4. The molecule has 39 heavy (non-hydrogen) atoms. The Hall–Kier alpha value is -4.19. The molecule has 5 heterocycles. The van der Waals surface area contributed by atoms with Gasteiger partial charge in [0.05, 0.1) is 19.2 Å². The molecule has 204 valence electrons. The van der Waals surface area contributed by atoms with Crippen LogP contribution in [0.4, 0.5) is 15.0 Å². The maximum atomic E-state index is 14.9. The van der Waals surface area contributed by atoms with Crippen molar-refractivity contribution in [3.8, 4) is 5.75 Å². The molecule has 0 aliphatic carbocycles. The van der Waals surface area contributed by atoms with Gasteiger partial charge in [0.1, 0.15) is 17.1 Å². The molecule has 0 bridgehead atoms. The van der Waals surface area contributed by atoms with Crippen molar-refractivity contribution in [1.29, 1.82) is 0 Å².